The van der Waals surface area contributed by atoms with Gasteiger partial charge >= 0.3 is 5.97 Å². The van der Waals surface area contributed by atoms with E-state index in [9.17, 15) is 9.59 Å². The lowest BCUT2D eigenvalue weighted by Gasteiger charge is -2.38. The Morgan fingerprint density at radius 1 is 1.11 bits per heavy atom. The predicted octanol–water partition coefficient (Wildman–Crippen LogP) is 2.36. The van der Waals surface area contributed by atoms with Gasteiger partial charge in [-0.15, -0.1) is 0 Å². The molecule has 0 spiro atoms. The number of carboxylic acid groups (broad SMARTS) is 1. The van der Waals surface area contributed by atoms with Gasteiger partial charge in [0.15, 0.2) is 0 Å². The van der Waals surface area contributed by atoms with Crippen molar-refractivity contribution in [3.63, 3.8) is 0 Å². The maximum Gasteiger partial charge on any atom is 0.317 e. The summed E-state index contributed by atoms with van der Waals surface area (Å²) in [6.07, 6.45) is 4.84. The zero-order valence-electron chi connectivity index (χ0n) is 16.4. The molecule has 148 valence electrons. The molecule has 6 heteroatoms. The Kier molecular flexibility index (Phi) is 6.50. The van der Waals surface area contributed by atoms with Crippen molar-refractivity contribution in [1.82, 2.24) is 9.80 Å². The lowest BCUT2D eigenvalue weighted by Crippen LogP contribution is -2.53. The van der Waals surface area contributed by atoms with E-state index in [-0.39, 0.29) is 24.5 Å². The fraction of sp³-hybridized carbons (Fsp3) is 0.619. The Labute approximate surface area is 161 Å². The van der Waals surface area contributed by atoms with E-state index in [2.05, 4.69) is 24.0 Å². The first-order chi connectivity index (χ1) is 13.0. The molecule has 2 unspecified atom stereocenters. The number of hydrogen-bond acceptors (Lipinski definition) is 4. The van der Waals surface area contributed by atoms with Crippen molar-refractivity contribution >= 4 is 17.6 Å². The molecule has 0 radical (unpaired) electrons. The third-order valence-electron chi connectivity index (χ3n) is 5.94. The minimum Gasteiger partial charge on any atom is -0.480 e. The minimum absolute atomic E-state index is 0.0522. The van der Waals surface area contributed by atoms with Gasteiger partial charge in [0.2, 0.25) is 5.91 Å². The van der Waals surface area contributed by atoms with Crippen LogP contribution < -0.4 is 4.90 Å². The molecule has 0 bridgehead atoms. The number of likely N-dealkylation sites (N-methyl/N-ethyl adjacent to an activating group) is 1. The lowest BCUT2D eigenvalue weighted by molar-refractivity contribution is -0.138. The van der Waals surface area contributed by atoms with Gasteiger partial charge in [0, 0.05) is 24.8 Å². The first-order valence-electron chi connectivity index (χ1n) is 10.00. The molecular formula is C21H31N3O3. The number of rotatable bonds is 5. The van der Waals surface area contributed by atoms with E-state index in [1.54, 1.807) is 0 Å². The van der Waals surface area contributed by atoms with E-state index in [1.165, 1.54) is 5.56 Å². The maximum absolute atomic E-state index is 13.2. The Morgan fingerprint density at radius 2 is 1.81 bits per heavy atom. The monoisotopic (exact) mass is 373 g/mol. The van der Waals surface area contributed by atoms with Gasteiger partial charge in [0.1, 0.15) is 0 Å². The van der Waals surface area contributed by atoms with E-state index < -0.39 is 5.97 Å². The van der Waals surface area contributed by atoms with Crippen LogP contribution in [0, 0.1) is 6.92 Å². The molecule has 1 amide bonds. The van der Waals surface area contributed by atoms with Crippen LogP contribution in [0.2, 0.25) is 0 Å². The Hall–Kier alpha value is -1.92. The van der Waals surface area contributed by atoms with Crippen LogP contribution in [0.1, 0.15) is 37.7 Å². The normalized spacial score (nSPS) is 24.9. The van der Waals surface area contributed by atoms with E-state index in [4.69, 9.17) is 5.11 Å². The molecule has 2 fully saturated rings. The van der Waals surface area contributed by atoms with Crippen molar-refractivity contribution in [3.8, 4) is 0 Å². The highest BCUT2D eigenvalue weighted by atomic mass is 16.4. The maximum atomic E-state index is 13.2. The quantitative estimate of drug-likeness (QED) is 0.858. The van der Waals surface area contributed by atoms with Gasteiger partial charge in [0.05, 0.1) is 12.6 Å². The summed E-state index contributed by atoms with van der Waals surface area (Å²) in [6, 6.07) is 8.41. The van der Waals surface area contributed by atoms with Gasteiger partial charge in [-0.25, -0.2) is 0 Å². The molecule has 1 aromatic rings. The first-order valence-corrected chi connectivity index (χ1v) is 10.00. The predicted molar refractivity (Wildman–Crippen MR) is 106 cm³/mol. The first kappa shape index (κ1) is 19.8. The average Bonchev–Trinajstić information content (AvgIpc) is 2.88. The number of hydrogen-bond donors (Lipinski definition) is 1. The zero-order valence-corrected chi connectivity index (χ0v) is 16.4. The summed E-state index contributed by atoms with van der Waals surface area (Å²) >= 11 is 0. The molecule has 0 saturated carbocycles. The van der Waals surface area contributed by atoms with Crippen LogP contribution in [0.5, 0.6) is 0 Å². The number of benzene rings is 1. The van der Waals surface area contributed by atoms with Crippen LogP contribution in [0.3, 0.4) is 0 Å². The van der Waals surface area contributed by atoms with Gasteiger partial charge in [-0.05, 0) is 64.8 Å². The SMILES string of the molecule is Cc1ccc(N2CCCC(N3CCCC(N(C)CC(=O)O)CC3)C2=O)cc1. The van der Waals surface area contributed by atoms with Gasteiger partial charge in [-0.2, -0.15) is 0 Å². The number of carboxylic acids is 1. The molecule has 6 nitrogen and oxygen atoms in total. The highest BCUT2D eigenvalue weighted by Gasteiger charge is 2.35. The number of anilines is 1. The smallest absolute Gasteiger partial charge is 0.317 e. The Balaban J connectivity index is 1.64. The second kappa shape index (κ2) is 8.85. The second-order valence-corrected chi connectivity index (χ2v) is 7.91. The van der Waals surface area contributed by atoms with Crippen LogP contribution in [0.15, 0.2) is 24.3 Å². The molecule has 1 aromatic carbocycles. The third kappa shape index (κ3) is 4.87. The summed E-state index contributed by atoms with van der Waals surface area (Å²) in [5.41, 5.74) is 2.19. The van der Waals surface area contributed by atoms with Crippen LogP contribution in [0.4, 0.5) is 5.69 Å². The van der Waals surface area contributed by atoms with Crippen molar-refractivity contribution in [2.75, 3.05) is 38.1 Å². The van der Waals surface area contributed by atoms with Crippen LogP contribution in [-0.2, 0) is 9.59 Å². The van der Waals surface area contributed by atoms with Crippen LogP contribution >= 0.6 is 0 Å². The second-order valence-electron chi connectivity index (χ2n) is 7.91. The molecule has 1 N–H and O–H groups in total. The van der Waals surface area contributed by atoms with E-state index >= 15 is 0 Å². The highest BCUT2D eigenvalue weighted by Crippen LogP contribution is 2.26. The number of nitrogens with zero attached hydrogens (tertiary/aromatic N) is 3. The van der Waals surface area contributed by atoms with Crippen LogP contribution in [-0.4, -0.2) is 72.1 Å². The summed E-state index contributed by atoms with van der Waals surface area (Å²) < 4.78 is 0. The Bertz CT molecular complexity index is 661. The largest absolute Gasteiger partial charge is 0.480 e. The summed E-state index contributed by atoms with van der Waals surface area (Å²) in [4.78, 5) is 30.4. The molecule has 0 aliphatic carbocycles. The van der Waals surface area contributed by atoms with E-state index in [1.807, 2.05) is 29.0 Å². The van der Waals surface area contributed by atoms with Crippen molar-refractivity contribution in [1.29, 1.82) is 0 Å². The molecule has 2 aliphatic heterocycles. The number of aliphatic carboxylic acids is 1. The molecular weight excluding hydrogens is 342 g/mol. The summed E-state index contributed by atoms with van der Waals surface area (Å²) in [7, 11) is 1.89. The minimum atomic E-state index is -0.783. The van der Waals surface area contributed by atoms with Gasteiger partial charge in [0.25, 0.3) is 0 Å². The number of carbonyl (C=O) groups is 2. The van der Waals surface area contributed by atoms with Crippen molar-refractivity contribution in [2.24, 2.45) is 0 Å². The van der Waals surface area contributed by atoms with E-state index in [0.29, 0.717) is 0 Å². The molecule has 2 saturated heterocycles. The number of likely N-dealkylation sites (tertiary alicyclic amines) is 1. The number of aryl methyl sites for hydroxylation is 1. The fourth-order valence-corrected chi connectivity index (χ4v) is 4.37. The average molecular weight is 373 g/mol. The van der Waals surface area contributed by atoms with E-state index in [0.717, 1.165) is 57.4 Å². The molecule has 2 heterocycles. The highest BCUT2D eigenvalue weighted by molar-refractivity contribution is 5.97. The molecule has 0 aromatic heterocycles. The summed E-state index contributed by atoms with van der Waals surface area (Å²) in [5, 5.41) is 9.03. The lowest BCUT2D eigenvalue weighted by atomic mass is 10.0. The molecule has 3 rings (SSSR count). The standard InChI is InChI=1S/C21H31N3O3/c1-16-7-9-18(10-8-16)24-13-4-6-19(21(24)27)23-12-3-5-17(11-14-23)22(2)15-20(25)26/h7-10,17,19H,3-6,11-15H2,1-2H3,(H,25,26). The van der Waals surface area contributed by atoms with Crippen molar-refractivity contribution < 1.29 is 14.7 Å². The number of piperidine rings is 1. The Morgan fingerprint density at radius 3 is 2.52 bits per heavy atom. The van der Waals surface area contributed by atoms with Gasteiger partial charge in [-0.1, -0.05) is 17.7 Å². The number of carbonyl (C=O) groups excluding carboxylic acids is 1. The van der Waals surface area contributed by atoms with Crippen molar-refractivity contribution in [2.45, 2.75) is 51.1 Å². The topological polar surface area (TPSA) is 64.1 Å². The van der Waals surface area contributed by atoms with Gasteiger partial charge in [-0.3, -0.25) is 19.4 Å². The number of amides is 1. The molecule has 27 heavy (non-hydrogen) atoms. The molecule has 2 aliphatic rings. The third-order valence-corrected chi connectivity index (χ3v) is 5.94. The fourth-order valence-electron chi connectivity index (χ4n) is 4.37. The van der Waals surface area contributed by atoms with Gasteiger partial charge < -0.3 is 10.0 Å². The van der Waals surface area contributed by atoms with Crippen LogP contribution in [0.25, 0.3) is 0 Å². The molecule has 2 atom stereocenters. The van der Waals surface area contributed by atoms with Crippen molar-refractivity contribution in [3.05, 3.63) is 29.8 Å². The summed E-state index contributed by atoms with van der Waals surface area (Å²) in [5.74, 6) is -0.572. The summed E-state index contributed by atoms with van der Waals surface area (Å²) in [6.45, 7) is 4.69. The zero-order chi connectivity index (χ0) is 19.4.